The number of piperidine rings is 1. The smallest absolute Gasteiger partial charge is 0.234 e. The number of amides is 2. The van der Waals surface area contributed by atoms with E-state index in [1.165, 1.54) is 11.1 Å². The molecular weight excluding hydrogens is 218 g/mol. The van der Waals surface area contributed by atoms with Crippen LogP contribution in [0, 0.1) is 5.41 Å². The van der Waals surface area contributed by atoms with Crippen molar-refractivity contribution in [2.45, 2.75) is 38.5 Å². The standard InChI is InChI=1S/C12H15N3O2/c16-10-5-12(3-1-2-4-12)6-11(17)15(10)9-7-13-14-8-9/h7-8H,1-6H2,(H,13,14). The van der Waals surface area contributed by atoms with Crippen LogP contribution in [0.4, 0.5) is 5.69 Å². The van der Waals surface area contributed by atoms with E-state index in [2.05, 4.69) is 10.2 Å². The number of hydrogen-bond donors (Lipinski definition) is 1. The van der Waals surface area contributed by atoms with Crippen molar-refractivity contribution < 1.29 is 9.59 Å². The van der Waals surface area contributed by atoms with Crippen molar-refractivity contribution in [1.82, 2.24) is 10.2 Å². The number of rotatable bonds is 1. The molecule has 1 saturated carbocycles. The van der Waals surface area contributed by atoms with Crippen LogP contribution in [0.15, 0.2) is 12.4 Å². The zero-order chi connectivity index (χ0) is 11.9. The first kappa shape index (κ1) is 10.5. The number of aromatic amines is 1. The van der Waals surface area contributed by atoms with Crippen LogP contribution in [-0.2, 0) is 9.59 Å². The maximum absolute atomic E-state index is 12.1. The number of aromatic nitrogens is 2. The van der Waals surface area contributed by atoms with E-state index in [0.717, 1.165) is 25.7 Å². The van der Waals surface area contributed by atoms with Gasteiger partial charge in [-0.25, -0.2) is 4.90 Å². The van der Waals surface area contributed by atoms with E-state index in [1.54, 1.807) is 6.20 Å². The molecule has 0 unspecified atom stereocenters. The molecule has 5 heteroatoms. The van der Waals surface area contributed by atoms with Crippen LogP contribution < -0.4 is 4.90 Å². The van der Waals surface area contributed by atoms with Gasteiger partial charge in [0.2, 0.25) is 11.8 Å². The molecule has 1 saturated heterocycles. The van der Waals surface area contributed by atoms with Gasteiger partial charge in [0.15, 0.2) is 0 Å². The average Bonchev–Trinajstić information content (AvgIpc) is 2.89. The predicted octanol–water partition coefficient (Wildman–Crippen LogP) is 1.62. The second-order valence-electron chi connectivity index (χ2n) is 5.14. The van der Waals surface area contributed by atoms with E-state index in [1.807, 2.05) is 0 Å². The SMILES string of the molecule is O=C1CC2(CCCC2)CC(=O)N1c1cn[nH]c1. The van der Waals surface area contributed by atoms with Crippen molar-refractivity contribution in [3.05, 3.63) is 12.4 Å². The summed E-state index contributed by atoms with van der Waals surface area (Å²) in [5.41, 5.74) is 0.529. The summed E-state index contributed by atoms with van der Waals surface area (Å²) < 4.78 is 0. The Morgan fingerprint density at radius 2 is 1.82 bits per heavy atom. The molecule has 1 aliphatic carbocycles. The summed E-state index contributed by atoms with van der Waals surface area (Å²) in [6, 6.07) is 0. The summed E-state index contributed by atoms with van der Waals surface area (Å²) in [5.74, 6) is -0.158. The molecule has 0 radical (unpaired) electrons. The molecule has 3 rings (SSSR count). The lowest BCUT2D eigenvalue weighted by molar-refractivity contribution is -0.133. The molecule has 1 aromatic heterocycles. The number of anilines is 1. The number of hydrogen-bond acceptors (Lipinski definition) is 3. The van der Waals surface area contributed by atoms with Crippen molar-refractivity contribution in [1.29, 1.82) is 0 Å². The third-order valence-electron chi connectivity index (χ3n) is 3.96. The highest BCUT2D eigenvalue weighted by Crippen LogP contribution is 2.47. The topological polar surface area (TPSA) is 66.1 Å². The third-order valence-corrected chi connectivity index (χ3v) is 3.96. The first-order chi connectivity index (χ1) is 8.20. The molecule has 1 N–H and O–H groups in total. The quantitative estimate of drug-likeness (QED) is 0.749. The monoisotopic (exact) mass is 233 g/mol. The summed E-state index contributed by atoms with van der Waals surface area (Å²) in [6.45, 7) is 0. The van der Waals surface area contributed by atoms with Crippen LogP contribution >= 0.6 is 0 Å². The van der Waals surface area contributed by atoms with Gasteiger partial charge in [-0.3, -0.25) is 14.7 Å². The normalized spacial score (nSPS) is 23.6. The lowest BCUT2D eigenvalue weighted by Gasteiger charge is -2.36. The summed E-state index contributed by atoms with van der Waals surface area (Å²) in [7, 11) is 0. The van der Waals surface area contributed by atoms with Crippen LogP contribution in [-0.4, -0.2) is 22.0 Å². The maximum atomic E-state index is 12.1. The van der Waals surface area contributed by atoms with Gasteiger partial charge in [-0.2, -0.15) is 5.10 Å². The molecule has 0 bridgehead atoms. The minimum atomic E-state index is -0.0791. The zero-order valence-electron chi connectivity index (χ0n) is 9.61. The lowest BCUT2D eigenvalue weighted by Crippen LogP contribution is -2.47. The van der Waals surface area contributed by atoms with Crippen molar-refractivity contribution in [2.75, 3.05) is 4.90 Å². The van der Waals surface area contributed by atoms with Gasteiger partial charge in [0.1, 0.15) is 0 Å². The first-order valence-electron chi connectivity index (χ1n) is 6.05. The van der Waals surface area contributed by atoms with Gasteiger partial charge in [0.25, 0.3) is 0 Å². The number of H-pyrrole nitrogens is 1. The van der Waals surface area contributed by atoms with E-state index in [-0.39, 0.29) is 17.2 Å². The van der Waals surface area contributed by atoms with Gasteiger partial charge in [0, 0.05) is 19.0 Å². The van der Waals surface area contributed by atoms with Gasteiger partial charge in [-0.15, -0.1) is 0 Å². The molecule has 1 aromatic rings. The van der Waals surface area contributed by atoms with Crippen LogP contribution in [0.1, 0.15) is 38.5 Å². The molecule has 0 aromatic carbocycles. The predicted molar refractivity (Wildman–Crippen MR) is 61.2 cm³/mol. The van der Waals surface area contributed by atoms with Gasteiger partial charge < -0.3 is 0 Å². The molecule has 90 valence electrons. The van der Waals surface area contributed by atoms with Crippen molar-refractivity contribution in [3.8, 4) is 0 Å². The van der Waals surface area contributed by atoms with Crippen LogP contribution in [0.2, 0.25) is 0 Å². The van der Waals surface area contributed by atoms with Crippen molar-refractivity contribution in [2.24, 2.45) is 5.41 Å². The Kier molecular flexibility index (Phi) is 2.28. The molecule has 2 aliphatic rings. The molecule has 5 nitrogen and oxygen atoms in total. The minimum Gasteiger partial charge on any atom is -0.284 e. The maximum Gasteiger partial charge on any atom is 0.234 e. The fourth-order valence-corrected chi connectivity index (χ4v) is 3.13. The second kappa shape index (κ2) is 3.68. The molecule has 2 fully saturated rings. The molecule has 0 atom stereocenters. The van der Waals surface area contributed by atoms with E-state index in [4.69, 9.17) is 0 Å². The fraction of sp³-hybridized carbons (Fsp3) is 0.583. The molecule has 1 aliphatic heterocycles. The Bertz CT molecular complexity index is 426. The average molecular weight is 233 g/mol. The number of carbonyl (C=O) groups is 2. The third kappa shape index (κ3) is 1.66. The van der Waals surface area contributed by atoms with E-state index in [0.29, 0.717) is 18.5 Å². The summed E-state index contributed by atoms with van der Waals surface area (Å²) in [5, 5.41) is 6.42. The molecular formula is C12H15N3O2. The van der Waals surface area contributed by atoms with Crippen LogP contribution in [0.3, 0.4) is 0 Å². The largest absolute Gasteiger partial charge is 0.284 e. The van der Waals surface area contributed by atoms with Gasteiger partial charge >= 0.3 is 0 Å². The Hall–Kier alpha value is -1.65. The van der Waals surface area contributed by atoms with Crippen molar-refractivity contribution >= 4 is 17.5 Å². The summed E-state index contributed by atoms with van der Waals surface area (Å²) >= 11 is 0. The number of imide groups is 1. The second-order valence-corrected chi connectivity index (χ2v) is 5.14. The van der Waals surface area contributed by atoms with Crippen molar-refractivity contribution in [3.63, 3.8) is 0 Å². The Balaban J connectivity index is 1.86. The summed E-state index contributed by atoms with van der Waals surface area (Å²) in [4.78, 5) is 25.5. The zero-order valence-corrected chi connectivity index (χ0v) is 9.61. The fourth-order valence-electron chi connectivity index (χ4n) is 3.13. The number of nitrogens with one attached hydrogen (secondary N) is 1. The highest BCUT2D eigenvalue weighted by molar-refractivity contribution is 6.16. The Morgan fingerprint density at radius 3 is 2.35 bits per heavy atom. The minimum absolute atomic E-state index is 0.0333. The summed E-state index contributed by atoms with van der Waals surface area (Å²) in [6.07, 6.45) is 8.44. The first-order valence-corrected chi connectivity index (χ1v) is 6.05. The highest BCUT2D eigenvalue weighted by Gasteiger charge is 2.45. The van der Waals surface area contributed by atoms with E-state index in [9.17, 15) is 9.59 Å². The highest BCUT2D eigenvalue weighted by atomic mass is 16.2. The van der Waals surface area contributed by atoms with E-state index < -0.39 is 0 Å². The molecule has 2 heterocycles. The number of carbonyl (C=O) groups excluding carboxylic acids is 2. The molecule has 2 amide bonds. The van der Waals surface area contributed by atoms with Crippen LogP contribution in [0.5, 0.6) is 0 Å². The number of nitrogens with zero attached hydrogens (tertiary/aromatic N) is 2. The molecule has 1 spiro atoms. The van der Waals surface area contributed by atoms with Gasteiger partial charge in [-0.1, -0.05) is 12.8 Å². The lowest BCUT2D eigenvalue weighted by atomic mass is 9.76. The molecule has 17 heavy (non-hydrogen) atoms. The Morgan fingerprint density at radius 1 is 1.18 bits per heavy atom. The van der Waals surface area contributed by atoms with Gasteiger partial charge in [-0.05, 0) is 18.3 Å². The Labute approximate surface area is 99.2 Å². The van der Waals surface area contributed by atoms with E-state index >= 15 is 0 Å². The van der Waals surface area contributed by atoms with Gasteiger partial charge in [0.05, 0.1) is 11.9 Å². The van der Waals surface area contributed by atoms with Crippen LogP contribution in [0.25, 0.3) is 0 Å².